The van der Waals surface area contributed by atoms with Crippen molar-refractivity contribution in [3.63, 3.8) is 0 Å². The van der Waals surface area contributed by atoms with Crippen LogP contribution in [0.4, 0.5) is 5.69 Å². The number of carbonyl (C=O) groups is 1. The van der Waals surface area contributed by atoms with Crippen LogP contribution in [-0.4, -0.2) is 30.2 Å². The Morgan fingerprint density at radius 1 is 1.11 bits per heavy atom. The summed E-state index contributed by atoms with van der Waals surface area (Å²) >= 11 is 0. The molecule has 2 aromatic heterocycles. The van der Waals surface area contributed by atoms with E-state index >= 15 is 0 Å². The van der Waals surface area contributed by atoms with Gasteiger partial charge in [0.2, 0.25) is 5.91 Å². The van der Waals surface area contributed by atoms with Gasteiger partial charge in [0, 0.05) is 5.69 Å². The van der Waals surface area contributed by atoms with Crippen LogP contribution in [0.25, 0.3) is 16.6 Å². The number of rotatable bonds is 4. The zero-order valence-electron chi connectivity index (χ0n) is 14.5. The topological polar surface area (TPSA) is 94.7 Å². The van der Waals surface area contributed by atoms with Crippen molar-refractivity contribution in [3.05, 3.63) is 77.4 Å². The first-order chi connectivity index (χ1) is 13.1. The normalized spacial score (nSPS) is 10.9. The van der Waals surface area contributed by atoms with Gasteiger partial charge in [0.05, 0.1) is 22.9 Å². The molecule has 0 unspecified atom stereocenters. The zero-order chi connectivity index (χ0) is 18.8. The number of fused-ring (bicyclic) bond motifs is 1. The van der Waals surface area contributed by atoms with Gasteiger partial charge in [-0.05, 0) is 42.8 Å². The fourth-order valence-electron chi connectivity index (χ4n) is 2.84. The van der Waals surface area contributed by atoms with Gasteiger partial charge in [0.25, 0.3) is 5.56 Å². The number of carbonyl (C=O) groups excluding carboxylic acids is 1. The molecule has 0 aliphatic carbocycles. The van der Waals surface area contributed by atoms with Gasteiger partial charge in [0.1, 0.15) is 19.2 Å². The second kappa shape index (κ2) is 6.83. The van der Waals surface area contributed by atoms with Crippen molar-refractivity contribution in [2.75, 3.05) is 5.32 Å². The molecular formula is C19H16N6O2. The molecule has 134 valence electrons. The summed E-state index contributed by atoms with van der Waals surface area (Å²) in [4.78, 5) is 33.1. The predicted molar refractivity (Wildman–Crippen MR) is 101 cm³/mol. The molecule has 0 spiro atoms. The lowest BCUT2D eigenvalue weighted by Crippen LogP contribution is -2.28. The molecule has 2 aromatic carbocycles. The molecule has 1 N–H and O–H groups in total. The maximum absolute atomic E-state index is 12.6. The van der Waals surface area contributed by atoms with E-state index in [1.807, 2.05) is 31.2 Å². The zero-order valence-corrected chi connectivity index (χ0v) is 14.5. The minimum absolute atomic E-state index is 0.111. The highest BCUT2D eigenvalue weighted by Gasteiger charge is 2.09. The van der Waals surface area contributed by atoms with Crippen molar-refractivity contribution in [2.24, 2.45) is 0 Å². The second-order valence-corrected chi connectivity index (χ2v) is 6.08. The average Bonchev–Trinajstić information content (AvgIpc) is 3.20. The van der Waals surface area contributed by atoms with Crippen LogP contribution in [-0.2, 0) is 11.3 Å². The van der Waals surface area contributed by atoms with E-state index in [2.05, 4.69) is 20.4 Å². The van der Waals surface area contributed by atoms with Gasteiger partial charge >= 0.3 is 0 Å². The molecule has 0 radical (unpaired) electrons. The molecule has 2 heterocycles. The van der Waals surface area contributed by atoms with E-state index in [1.165, 1.54) is 17.2 Å². The summed E-state index contributed by atoms with van der Waals surface area (Å²) in [7, 11) is 0. The SMILES string of the molecule is Cc1cccc2c(=O)n(CC(=O)Nc3ccc(-n4cncn4)cc3)cnc12. The monoisotopic (exact) mass is 360 g/mol. The van der Waals surface area contributed by atoms with E-state index in [4.69, 9.17) is 0 Å². The summed E-state index contributed by atoms with van der Waals surface area (Å²) in [6.07, 6.45) is 4.45. The third-order valence-electron chi connectivity index (χ3n) is 4.20. The average molecular weight is 360 g/mol. The molecule has 4 aromatic rings. The number of hydrogen-bond acceptors (Lipinski definition) is 5. The van der Waals surface area contributed by atoms with Gasteiger partial charge in [-0.1, -0.05) is 12.1 Å². The van der Waals surface area contributed by atoms with Crippen LogP contribution in [0.15, 0.2) is 66.2 Å². The van der Waals surface area contributed by atoms with E-state index in [9.17, 15) is 9.59 Å². The maximum atomic E-state index is 12.6. The van der Waals surface area contributed by atoms with Crippen molar-refractivity contribution in [3.8, 4) is 5.69 Å². The summed E-state index contributed by atoms with van der Waals surface area (Å²) in [6.45, 7) is 1.79. The van der Waals surface area contributed by atoms with Crippen molar-refractivity contribution in [1.29, 1.82) is 0 Å². The summed E-state index contributed by atoms with van der Waals surface area (Å²) < 4.78 is 2.93. The highest BCUT2D eigenvalue weighted by molar-refractivity contribution is 5.91. The first-order valence-corrected chi connectivity index (χ1v) is 8.31. The molecule has 8 nitrogen and oxygen atoms in total. The second-order valence-electron chi connectivity index (χ2n) is 6.08. The van der Waals surface area contributed by atoms with E-state index < -0.39 is 0 Å². The van der Waals surface area contributed by atoms with Gasteiger partial charge in [-0.2, -0.15) is 5.10 Å². The Morgan fingerprint density at radius 2 is 1.93 bits per heavy atom. The Labute approximate surface area is 154 Å². The van der Waals surface area contributed by atoms with Crippen LogP contribution in [0.5, 0.6) is 0 Å². The summed E-state index contributed by atoms with van der Waals surface area (Å²) in [5, 5.41) is 7.33. The predicted octanol–water partition coefficient (Wildman–Crippen LogP) is 1.92. The largest absolute Gasteiger partial charge is 0.325 e. The van der Waals surface area contributed by atoms with Crippen LogP contribution >= 0.6 is 0 Å². The Kier molecular flexibility index (Phi) is 4.21. The number of amides is 1. The molecule has 0 saturated carbocycles. The van der Waals surface area contributed by atoms with Crippen molar-refractivity contribution in [2.45, 2.75) is 13.5 Å². The molecular weight excluding hydrogens is 344 g/mol. The first-order valence-electron chi connectivity index (χ1n) is 8.31. The Balaban J connectivity index is 1.50. The molecule has 0 atom stereocenters. The quantitative estimate of drug-likeness (QED) is 0.600. The van der Waals surface area contributed by atoms with E-state index in [0.717, 1.165) is 11.3 Å². The van der Waals surface area contributed by atoms with Crippen molar-refractivity contribution < 1.29 is 4.79 Å². The lowest BCUT2D eigenvalue weighted by Gasteiger charge is -2.09. The van der Waals surface area contributed by atoms with E-state index in [-0.39, 0.29) is 18.0 Å². The number of benzene rings is 2. The van der Waals surface area contributed by atoms with Crippen LogP contribution in [0.2, 0.25) is 0 Å². The standard InChI is InChI=1S/C19H16N6O2/c1-13-3-2-4-16-18(13)21-12-24(19(16)27)9-17(26)23-14-5-7-15(8-6-14)25-11-20-10-22-25/h2-8,10-12H,9H2,1H3,(H,23,26). The molecule has 4 rings (SSSR count). The Bertz CT molecular complexity index is 1160. The number of para-hydroxylation sites is 1. The van der Waals surface area contributed by atoms with Gasteiger partial charge in [-0.3, -0.25) is 14.2 Å². The fourth-order valence-corrected chi connectivity index (χ4v) is 2.84. The van der Waals surface area contributed by atoms with Gasteiger partial charge < -0.3 is 5.32 Å². The molecule has 0 aliphatic heterocycles. The molecule has 0 saturated heterocycles. The van der Waals surface area contributed by atoms with Gasteiger partial charge in [0.15, 0.2) is 0 Å². The smallest absolute Gasteiger partial charge is 0.261 e. The van der Waals surface area contributed by atoms with Crippen molar-refractivity contribution in [1.82, 2.24) is 24.3 Å². The third-order valence-corrected chi connectivity index (χ3v) is 4.20. The fraction of sp³-hybridized carbons (Fsp3) is 0.105. The number of nitrogens with one attached hydrogen (secondary N) is 1. The third kappa shape index (κ3) is 3.32. The lowest BCUT2D eigenvalue weighted by molar-refractivity contribution is -0.116. The minimum atomic E-state index is -0.306. The summed E-state index contributed by atoms with van der Waals surface area (Å²) in [5.74, 6) is -0.306. The van der Waals surface area contributed by atoms with E-state index in [0.29, 0.717) is 16.6 Å². The number of hydrogen-bond donors (Lipinski definition) is 1. The first kappa shape index (κ1) is 16.6. The highest BCUT2D eigenvalue weighted by atomic mass is 16.2. The molecule has 0 aliphatic rings. The van der Waals surface area contributed by atoms with E-state index in [1.54, 1.807) is 29.2 Å². The van der Waals surface area contributed by atoms with Crippen LogP contribution in [0, 0.1) is 6.92 Å². The van der Waals surface area contributed by atoms with Gasteiger partial charge in [-0.15, -0.1) is 0 Å². The number of anilines is 1. The van der Waals surface area contributed by atoms with Crippen molar-refractivity contribution >= 4 is 22.5 Å². The number of aromatic nitrogens is 5. The number of nitrogens with zero attached hydrogens (tertiary/aromatic N) is 5. The Hall–Kier alpha value is -3.81. The minimum Gasteiger partial charge on any atom is -0.325 e. The molecule has 0 bridgehead atoms. The molecule has 0 fully saturated rings. The maximum Gasteiger partial charge on any atom is 0.261 e. The van der Waals surface area contributed by atoms with Crippen LogP contribution in [0.3, 0.4) is 0 Å². The van der Waals surface area contributed by atoms with Crippen LogP contribution < -0.4 is 10.9 Å². The van der Waals surface area contributed by atoms with Crippen LogP contribution in [0.1, 0.15) is 5.56 Å². The van der Waals surface area contributed by atoms with Gasteiger partial charge in [-0.25, -0.2) is 14.6 Å². The lowest BCUT2D eigenvalue weighted by atomic mass is 10.1. The highest BCUT2D eigenvalue weighted by Crippen LogP contribution is 2.13. The number of aryl methyl sites for hydroxylation is 1. The molecule has 8 heteroatoms. The summed E-state index contributed by atoms with van der Waals surface area (Å²) in [6, 6.07) is 12.6. The Morgan fingerprint density at radius 3 is 2.67 bits per heavy atom. The molecule has 1 amide bonds. The molecule has 27 heavy (non-hydrogen) atoms. The summed E-state index contributed by atoms with van der Waals surface area (Å²) in [5.41, 5.74) is 2.80.